The molecule has 3 aliphatic rings. The third-order valence-corrected chi connectivity index (χ3v) is 8.26. The molecule has 136 valence electrons. The molecule has 0 aliphatic heterocycles. The number of fused-ring (bicyclic) bond motifs is 3. The maximum Gasteiger partial charge on any atom is 0.307 e. The van der Waals surface area contributed by atoms with Crippen LogP contribution < -0.4 is 0 Å². The number of carbonyl (C=O) groups is 2. The molecule has 3 N–H and O–H groups in total. The van der Waals surface area contributed by atoms with E-state index in [9.17, 15) is 24.9 Å². The third kappa shape index (κ3) is 2.31. The predicted molar refractivity (Wildman–Crippen MR) is 88.4 cm³/mol. The van der Waals surface area contributed by atoms with Gasteiger partial charge >= 0.3 is 11.9 Å². The van der Waals surface area contributed by atoms with E-state index >= 15 is 0 Å². The van der Waals surface area contributed by atoms with E-state index in [0.717, 1.165) is 32.1 Å². The molecule has 3 fully saturated rings. The van der Waals surface area contributed by atoms with Gasteiger partial charge in [0, 0.05) is 0 Å². The van der Waals surface area contributed by atoms with Gasteiger partial charge in [-0.25, -0.2) is 0 Å². The summed E-state index contributed by atoms with van der Waals surface area (Å²) in [6, 6.07) is 0. The van der Waals surface area contributed by atoms with Crippen molar-refractivity contribution >= 4 is 11.9 Å². The lowest BCUT2D eigenvalue weighted by molar-refractivity contribution is -0.171. The number of aliphatic carboxylic acids is 2. The van der Waals surface area contributed by atoms with Crippen LogP contribution in [0.2, 0.25) is 0 Å². The topological polar surface area (TPSA) is 94.8 Å². The summed E-state index contributed by atoms with van der Waals surface area (Å²) in [5.74, 6) is -1.52. The van der Waals surface area contributed by atoms with E-state index in [0.29, 0.717) is 18.3 Å². The second-order valence-corrected chi connectivity index (χ2v) is 9.19. The first-order chi connectivity index (χ1) is 11.0. The van der Waals surface area contributed by atoms with Crippen molar-refractivity contribution in [2.45, 2.75) is 71.3 Å². The van der Waals surface area contributed by atoms with Gasteiger partial charge in [-0.05, 0) is 74.0 Å². The molecule has 0 aromatic rings. The Labute approximate surface area is 143 Å². The lowest BCUT2D eigenvalue weighted by atomic mass is 9.46. The zero-order valence-electron chi connectivity index (χ0n) is 14.9. The first-order valence-electron chi connectivity index (χ1n) is 9.20. The van der Waals surface area contributed by atoms with Gasteiger partial charge in [0.05, 0.1) is 17.9 Å². The first kappa shape index (κ1) is 17.7. The lowest BCUT2D eigenvalue weighted by Crippen LogP contribution is -2.56. The van der Waals surface area contributed by atoms with E-state index in [1.54, 1.807) is 0 Å². The summed E-state index contributed by atoms with van der Waals surface area (Å²) in [5, 5.41) is 29.9. The largest absolute Gasteiger partial charge is 0.481 e. The molecule has 7 atom stereocenters. The maximum absolute atomic E-state index is 11.8. The van der Waals surface area contributed by atoms with E-state index in [1.165, 1.54) is 0 Å². The van der Waals surface area contributed by atoms with Crippen LogP contribution in [0.1, 0.15) is 65.7 Å². The Kier molecular flexibility index (Phi) is 4.02. The van der Waals surface area contributed by atoms with Gasteiger partial charge in [0.15, 0.2) is 0 Å². The van der Waals surface area contributed by atoms with E-state index in [-0.39, 0.29) is 17.8 Å². The van der Waals surface area contributed by atoms with E-state index < -0.39 is 28.9 Å². The minimum absolute atomic E-state index is 0.0784. The monoisotopic (exact) mass is 338 g/mol. The van der Waals surface area contributed by atoms with Gasteiger partial charge in [-0.3, -0.25) is 9.59 Å². The normalized spacial score (nSPS) is 50.8. The van der Waals surface area contributed by atoms with E-state index in [2.05, 4.69) is 6.92 Å². The fourth-order valence-corrected chi connectivity index (χ4v) is 6.69. The molecule has 0 aromatic carbocycles. The fraction of sp³-hybridized carbons (Fsp3) is 0.895. The van der Waals surface area contributed by atoms with Gasteiger partial charge < -0.3 is 15.3 Å². The average Bonchev–Trinajstić information content (AvgIpc) is 2.68. The summed E-state index contributed by atoms with van der Waals surface area (Å²) in [5.41, 5.74) is -1.50. The number of hydrogen-bond donors (Lipinski definition) is 3. The highest BCUT2D eigenvalue weighted by molar-refractivity contribution is 5.74. The molecule has 3 saturated carbocycles. The Bertz CT molecular complexity index is 556. The van der Waals surface area contributed by atoms with Crippen LogP contribution in [-0.4, -0.2) is 32.9 Å². The van der Waals surface area contributed by atoms with Crippen LogP contribution in [0.15, 0.2) is 0 Å². The molecule has 0 spiro atoms. The molecule has 0 unspecified atom stereocenters. The Hall–Kier alpha value is -1.10. The maximum atomic E-state index is 11.8. The van der Waals surface area contributed by atoms with Crippen molar-refractivity contribution < 1.29 is 24.9 Å². The molecule has 5 nitrogen and oxygen atoms in total. The summed E-state index contributed by atoms with van der Waals surface area (Å²) in [6.45, 7) is 6.00. The van der Waals surface area contributed by atoms with Crippen molar-refractivity contribution in [1.82, 2.24) is 0 Å². The van der Waals surface area contributed by atoms with Gasteiger partial charge in [0.1, 0.15) is 0 Å². The summed E-state index contributed by atoms with van der Waals surface area (Å²) in [6.07, 6.45) is 4.74. The van der Waals surface area contributed by atoms with E-state index in [4.69, 9.17) is 0 Å². The Balaban J connectivity index is 1.96. The van der Waals surface area contributed by atoms with E-state index in [1.807, 2.05) is 13.8 Å². The summed E-state index contributed by atoms with van der Waals surface area (Å²) in [7, 11) is 0. The summed E-state index contributed by atoms with van der Waals surface area (Å²) < 4.78 is 0. The number of carboxylic acids is 2. The molecule has 0 aromatic heterocycles. The smallest absolute Gasteiger partial charge is 0.307 e. The zero-order chi connectivity index (χ0) is 17.9. The van der Waals surface area contributed by atoms with Gasteiger partial charge in [-0.15, -0.1) is 0 Å². The number of hydrogen-bond acceptors (Lipinski definition) is 3. The van der Waals surface area contributed by atoms with Crippen molar-refractivity contribution in [2.24, 2.45) is 34.5 Å². The van der Waals surface area contributed by atoms with Crippen LogP contribution in [0.3, 0.4) is 0 Å². The molecule has 0 saturated heterocycles. The van der Waals surface area contributed by atoms with Crippen molar-refractivity contribution in [1.29, 1.82) is 0 Å². The van der Waals surface area contributed by atoms with Gasteiger partial charge in [0.25, 0.3) is 0 Å². The van der Waals surface area contributed by atoms with Crippen LogP contribution in [0.4, 0.5) is 0 Å². The van der Waals surface area contributed by atoms with Gasteiger partial charge in [-0.1, -0.05) is 13.8 Å². The molecular formula is C19H30O5. The Morgan fingerprint density at radius 2 is 1.58 bits per heavy atom. The molecule has 0 radical (unpaired) electrons. The highest BCUT2D eigenvalue weighted by Gasteiger charge is 2.63. The summed E-state index contributed by atoms with van der Waals surface area (Å²) in [4.78, 5) is 23.3. The van der Waals surface area contributed by atoms with Gasteiger partial charge in [-0.2, -0.15) is 0 Å². The summed E-state index contributed by atoms with van der Waals surface area (Å²) >= 11 is 0. The average molecular weight is 338 g/mol. The second-order valence-electron chi connectivity index (χ2n) is 9.19. The van der Waals surface area contributed by atoms with Crippen molar-refractivity contribution in [3.8, 4) is 0 Å². The number of aliphatic hydroxyl groups is 1. The Morgan fingerprint density at radius 1 is 0.958 bits per heavy atom. The standard InChI is InChI=1S/C19H30O5/c1-17(10-15(20)21)12-6-8-18(2)13(7-9-19(18,3)24)11(12)4-5-14(17)16(22)23/h11-14,24H,4-10H2,1-3H3,(H,20,21)(H,22,23)/t11-,12+,13+,14+,17-,18+,19+/m1/s1. The second kappa shape index (κ2) is 5.45. The lowest BCUT2D eigenvalue weighted by Gasteiger charge is -2.58. The van der Waals surface area contributed by atoms with Gasteiger partial charge in [0.2, 0.25) is 0 Å². The quantitative estimate of drug-likeness (QED) is 0.735. The number of carboxylic acid groups (broad SMARTS) is 2. The van der Waals surface area contributed by atoms with Crippen LogP contribution in [0.5, 0.6) is 0 Å². The Morgan fingerprint density at radius 3 is 2.17 bits per heavy atom. The van der Waals surface area contributed by atoms with Crippen molar-refractivity contribution in [2.75, 3.05) is 0 Å². The van der Waals surface area contributed by atoms with Crippen LogP contribution >= 0.6 is 0 Å². The zero-order valence-corrected chi connectivity index (χ0v) is 14.9. The molecule has 3 rings (SSSR count). The third-order valence-electron chi connectivity index (χ3n) is 8.26. The highest BCUT2D eigenvalue weighted by Crippen LogP contribution is 2.66. The molecule has 24 heavy (non-hydrogen) atoms. The SMILES string of the molecule is C[C@]1(CC(=O)O)[C@H](C(=O)O)CC[C@@H]2[C@@H]1CC[C@@]1(C)[C@H]2CC[C@]1(C)O. The minimum atomic E-state index is -0.906. The molecule has 0 amide bonds. The highest BCUT2D eigenvalue weighted by atomic mass is 16.4. The molecule has 0 heterocycles. The molecule has 3 aliphatic carbocycles. The van der Waals surface area contributed by atoms with Crippen molar-refractivity contribution in [3.63, 3.8) is 0 Å². The van der Waals surface area contributed by atoms with Crippen LogP contribution in [0, 0.1) is 34.5 Å². The fourth-order valence-electron chi connectivity index (χ4n) is 6.69. The predicted octanol–water partition coefficient (Wildman–Crippen LogP) is 3.16. The van der Waals surface area contributed by atoms with Crippen LogP contribution in [-0.2, 0) is 9.59 Å². The molecule has 5 heteroatoms. The minimum Gasteiger partial charge on any atom is -0.481 e. The molecular weight excluding hydrogens is 308 g/mol. The van der Waals surface area contributed by atoms with Crippen molar-refractivity contribution in [3.05, 3.63) is 0 Å². The first-order valence-corrected chi connectivity index (χ1v) is 9.20. The van der Waals surface area contributed by atoms with Crippen LogP contribution in [0.25, 0.3) is 0 Å². The number of rotatable bonds is 3. The molecule has 0 bridgehead atoms.